The summed E-state index contributed by atoms with van der Waals surface area (Å²) < 4.78 is 0. The summed E-state index contributed by atoms with van der Waals surface area (Å²) in [6, 6.07) is 0. The third-order valence-electron chi connectivity index (χ3n) is 5.58. The van der Waals surface area contributed by atoms with Gasteiger partial charge in [-0.25, -0.2) is 0 Å². The molecule has 0 amide bonds. The van der Waals surface area contributed by atoms with E-state index in [0.717, 1.165) is 24.3 Å². The first-order chi connectivity index (χ1) is 8.83. The average molecular weight is 251 g/mol. The zero-order valence-corrected chi connectivity index (χ0v) is 11.7. The van der Waals surface area contributed by atoms with E-state index in [-0.39, 0.29) is 5.41 Å². The van der Waals surface area contributed by atoms with Gasteiger partial charge in [0.15, 0.2) is 0 Å². The van der Waals surface area contributed by atoms with Crippen LogP contribution in [-0.2, 0) is 0 Å². The topological polar surface area (TPSA) is 32.3 Å². The first kappa shape index (κ1) is 12.9. The van der Waals surface area contributed by atoms with Crippen LogP contribution >= 0.6 is 0 Å². The first-order valence-corrected chi connectivity index (χ1v) is 8.15. The smallest absolute Gasteiger partial charge is 0.0499 e. The van der Waals surface area contributed by atoms with Crippen molar-refractivity contribution in [3.8, 4) is 0 Å². The molecule has 3 fully saturated rings. The molecule has 3 aliphatic carbocycles. The molecule has 0 aromatic heterocycles. The van der Waals surface area contributed by atoms with Crippen LogP contribution in [0.4, 0.5) is 0 Å². The Bertz CT molecular complexity index is 252. The highest BCUT2D eigenvalue weighted by Gasteiger charge is 2.41. The van der Waals surface area contributed by atoms with Crippen LogP contribution in [0.2, 0.25) is 0 Å². The maximum Gasteiger partial charge on any atom is 0.0499 e. The van der Waals surface area contributed by atoms with E-state index in [1.54, 1.807) is 0 Å². The molecule has 3 saturated carbocycles. The second kappa shape index (κ2) is 5.50. The van der Waals surface area contributed by atoms with E-state index in [9.17, 15) is 5.11 Å². The van der Waals surface area contributed by atoms with Gasteiger partial charge in [-0.3, -0.25) is 0 Å². The van der Waals surface area contributed by atoms with E-state index in [1.165, 1.54) is 64.3 Å². The lowest BCUT2D eigenvalue weighted by Gasteiger charge is -2.36. The molecule has 2 N–H and O–H groups in total. The van der Waals surface area contributed by atoms with Crippen molar-refractivity contribution in [2.24, 2.45) is 23.2 Å². The van der Waals surface area contributed by atoms with Crippen LogP contribution in [-0.4, -0.2) is 24.8 Å². The predicted octanol–water partition coefficient (Wildman–Crippen LogP) is 2.96. The van der Waals surface area contributed by atoms with Gasteiger partial charge in [-0.1, -0.05) is 19.3 Å². The van der Waals surface area contributed by atoms with E-state index in [1.807, 2.05) is 0 Å². The van der Waals surface area contributed by atoms with Gasteiger partial charge in [-0.15, -0.1) is 0 Å². The minimum absolute atomic E-state index is 0.218. The molecule has 0 unspecified atom stereocenters. The Labute approximate surface area is 112 Å². The lowest BCUT2D eigenvalue weighted by molar-refractivity contribution is 0.0797. The first-order valence-electron chi connectivity index (χ1n) is 8.15. The van der Waals surface area contributed by atoms with Crippen molar-refractivity contribution >= 4 is 0 Å². The molecule has 3 rings (SSSR count). The van der Waals surface area contributed by atoms with Crippen LogP contribution in [0.5, 0.6) is 0 Å². The van der Waals surface area contributed by atoms with E-state index < -0.39 is 0 Å². The zero-order valence-electron chi connectivity index (χ0n) is 11.7. The molecule has 2 heteroatoms. The molecule has 0 atom stereocenters. The van der Waals surface area contributed by atoms with Crippen LogP contribution in [0.25, 0.3) is 0 Å². The Balaban J connectivity index is 1.44. The highest BCUT2D eigenvalue weighted by Crippen LogP contribution is 2.49. The van der Waals surface area contributed by atoms with Crippen molar-refractivity contribution in [1.82, 2.24) is 5.32 Å². The van der Waals surface area contributed by atoms with E-state index in [4.69, 9.17) is 0 Å². The minimum Gasteiger partial charge on any atom is -0.396 e. The molecule has 0 saturated heterocycles. The van der Waals surface area contributed by atoms with E-state index in [2.05, 4.69) is 5.32 Å². The van der Waals surface area contributed by atoms with Crippen molar-refractivity contribution in [2.75, 3.05) is 19.7 Å². The number of hydrogen-bond acceptors (Lipinski definition) is 2. The lowest BCUT2D eigenvalue weighted by Crippen LogP contribution is -2.41. The average Bonchev–Trinajstić information content (AvgIpc) is 3.29. The fraction of sp³-hybridized carbons (Fsp3) is 1.00. The number of hydrogen-bond donors (Lipinski definition) is 2. The van der Waals surface area contributed by atoms with Gasteiger partial charge < -0.3 is 10.4 Å². The number of nitrogens with one attached hydrogen (secondary N) is 1. The van der Waals surface area contributed by atoms with Gasteiger partial charge >= 0.3 is 0 Å². The molecule has 0 aromatic carbocycles. The second-order valence-electron chi connectivity index (χ2n) is 7.19. The van der Waals surface area contributed by atoms with Gasteiger partial charge in [0, 0.05) is 18.6 Å². The van der Waals surface area contributed by atoms with Crippen molar-refractivity contribution in [3.05, 3.63) is 0 Å². The highest BCUT2D eigenvalue weighted by molar-refractivity contribution is 4.93. The zero-order chi connectivity index (χ0) is 12.4. The molecule has 0 aromatic rings. The van der Waals surface area contributed by atoms with Gasteiger partial charge in [0.2, 0.25) is 0 Å². The van der Waals surface area contributed by atoms with Crippen molar-refractivity contribution < 1.29 is 5.11 Å². The number of aliphatic hydroxyl groups is 1. The largest absolute Gasteiger partial charge is 0.396 e. The molecule has 104 valence electrons. The Morgan fingerprint density at radius 3 is 2.11 bits per heavy atom. The quantitative estimate of drug-likeness (QED) is 0.729. The standard InChI is InChI=1S/C16H29NO/c18-12-16(8-2-1-3-9-16)11-17-10-15(13-4-5-13)14-6-7-14/h13-15,17-18H,1-12H2. The van der Waals surface area contributed by atoms with Gasteiger partial charge in [-0.2, -0.15) is 0 Å². The van der Waals surface area contributed by atoms with Crippen LogP contribution in [0.15, 0.2) is 0 Å². The van der Waals surface area contributed by atoms with Crippen LogP contribution in [0.1, 0.15) is 57.8 Å². The summed E-state index contributed by atoms with van der Waals surface area (Å²) in [4.78, 5) is 0. The fourth-order valence-electron chi connectivity index (χ4n) is 3.96. The molecular formula is C16H29NO. The molecule has 0 spiro atoms. The molecule has 0 bridgehead atoms. The molecule has 18 heavy (non-hydrogen) atoms. The van der Waals surface area contributed by atoms with Crippen LogP contribution in [0.3, 0.4) is 0 Å². The van der Waals surface area contributed by atoms with Crippen molar-refractivity contribution in [2.45, 2.75) is 57.8 Å². The Hall–Kier alpha value is -0.0800. The van der Waals surface area contributed by atoms with Crippen molar-refractivity contribution in [1.29, 1.82) is 0 Å². The number of aliphatic hydroxyl groups excluding tert-OH is 1. The third-order valence-corrected chi connectivity index (χ3v) is 5.58. The monoisotopic (exact) mass is 251 g/mol. The fourth-order valence-corrected chi connectivity index (χ4v) is 3.96. The molecule has 0 heterocycles. The molecule has 2 nitrogen and oxygen atoms in total. The van der Waals surface area contributed by atoms with E-state index >= 15 is 0 Å². The summed E-state index contributed by atoms with van der Waals surface area (Å²) >= 11 is 0. The summed E-state index contributed by atoms with van der Waals surface area (Å²) in [5, 5.41) is 13.4. The minimum atomic E-state index is 0.218. The predicted molar refractivity (Wildman–Crippen MR) is 74.4 cm³/mol. The lowest BCUT2D eigenvalue weighted by atomic mass is 9.74. The summed E-state index contributed by atoms with van der Waals surface area (Å²) in [5.74, 6) is 3.05. The Kier molecular flexibility index (Phi) is 3.95. The summed E-state index contributed by atoms with van der Waals surface area (Å²) in [6.45, 7) is 2.66. The van der Waals surface area contributed by atoms with Gasteiger partial charge in [0.05, 0.1) is 0 Å². The molecule has 0 radical (unpaired) electrons. The SMILES string of the molecule is OCC1(CNCC(C2CC2)C2CC2)CCCCC1. The summed E-state index contributed by atoms with van der Waals surface area (Å²) in [5.41, 5.74) is 0.218. The normalized spacial score (nSPS) is 27.7. The third kappa shape index (κ3) is 3.08. The van der Waals surface area contributed by atoms with E-state index in [0.29, 0.717) is 6.61 Å². The molecular weight excluding hydrogens is 222 g/mol. The number of rotatable bonds is 7. The molecule has 3 aliphatic rings. The highest BCUT2D eigenvalue weighted by atomic mass is 16.3. The van der Waals surface area contributed by atoms with Crippen LogP contribution < -0.4 is 5.32 Å². The van der Waals surface area contributed by atoms with Gasteiger partial charge in [0.1, 0.15) is 0 Å². The summed E-state index contributed by atoms with van der Waals surface area (Å²) in [6.07, 6.45) is 12.4. The second-order valence-corrected chi connectivity index (χ2v) is 7.19. The van der Waals surface area contributed by atoms with Crippen LogP contribution in [0, 0.1) is 23.2 Å². The Morgan fingerprint density at radius 1 is 1.00 bits per heavy atom. The van der Waals surface area contributed by atoms with Crippen molar-refractivity contribution in [3.63, 3.8) is 0 Å². The maximum atomic E-state index is 9.71. The van der Waals surface area contributed by atoms with Gasteiger partial charge in [0.25, 0.3) is 0 Å². The Morgan fingerprint density at radius 2 is 1.61 bits per heavy atom. The van der Waals surface area contributed by atoms with Gasteiger partial charge in [-0.05, 0) is 62.8 Å². The molecule has 0 aliphatic heterocycles. The maximum absolute atomic E-state index is 9.71. The summed E-state index contributed by atoms with van der Waals surface area (Å²) in [7, 11) is 0.